The third kappa shape index (κ3) is 5.30. The van der Waals surface area contributed by atoms with Gasteiger partial charge in [-0.2, -0.15) is 0 Å². The first kappa shape index (κ1) is 17.9. The minimum absolute atomic E-state index is 0.0465. The van der Waals surface area contributed by atoms with Gasteiger partial charge in [-0.05, 0) is 54.7 Å². The topological polar surface area (TPSA) is 47.6 Å². The van der Waals surface area contributed by atoms with Crippen molar-refractivity contribution in [2.24, 2.45) is 0 Å². The van der Waals surface area contributed by atoms with Crippen molar-refractivity contribution in [2.45, 2.75) is 26.2 Å². The van der Waals surface area contributed by atoms with Crippen LogP contribution in [0.15, 0.2) is 42.5 Å². The fourth-order valence-corrected chi connectivity index (χ4v) is 2.65. The van der Waals surface area contributed by atoms with E-state index >= 15 is 0 Å². The van der Waals surface area contributed by atoms with E-state index in [0.717, 1.165) is 35.5 Å². The standard InChI is InChI=1S/C20H25NO3/c1-15-12-17(9-10-19(15)24-3)14-20(22)21-11-5-7-16-6-4-8-18(13-16)23-2/h4,6,8-10,12-13H,5,7,11,14H2,1-3H3,(H,21,22). The molecule has 2 rings (SSSR count). The number of benzene rings is 2. The number of amides is 1. The van der Waals surface area contributed by atoms with Gasteiger partial charge in [0.1, 0.15) is 11.5 Å². The van der Waals surface area contributed by atoms with Crippen molar-refractivity contribution in [1.82, 2.24) is 5.32 Å². The Balaban J connectivity index is 1.74. The van der Waals surface area contributed by atoms with Crippen LogP contribution in [0.4, 0.5) is 0 Å². The summed E-state index contributed by atoms with van der Waals surface area (Å²) < 4.78 is 10.4. The zero-order valence-corrected chi connectivity index (χ0v) is 14.6. The van der Waals surface area contributed by atoms with Gasteiger partial charge in [-0.3, -0.25) is 4.79 Å². The molecule has 1 N–H and O–H groups in total. The van der Waals surface area contributed by atoms with Crippen molar-refractivity contribution in [3.05, 3.63) is 59.2 Å². The van der Waals surface area contributed by atoms with Gasteiger partial charge >= 0.3 is 0 Å². The Kier molecular flexibility index (Phi) is 6.67. The molecule has 0 fully saturated rings. The minimum atomic E-state index is 0.0465. The summed E-state index contributed by atoms with van der Waals surface area (Å²) in [7, 11) is 3.32. The van der Waals surface area contributed by atoms with Crippen LogP contribution in [0.25, 0.3) is 0 Å². The zero-order chi connectivity index (χ0) is 17.4. The zero-order valence-electron chi connectivity index (χ0n) is 14.6. The van der Waals surface area contributed by atoms with Crippen molar-refractivity contribution in [2.75, 3.05) is 20.8 Å². The molecule has 1 amide bonds. The monoisotopic (exact) mass is 327 g/mol. The molecular weight excluding hydrogens is 302 g/mol. The van der Waals surface area contributed by atoms with E-state index < -0.39 is 0 Å². The Morgan fingerprint density at radius 3 is 2.58 bits per heavy atom. The lowest BCUT2D eigenvalue weighted by atomic mass is 10.1. The number of carbonyl (C=O) groups excluding carboxylic acids is 1. The molecule has 0 spiro atoms. The Hall–Kier alpha value is -2.49. The van der Waals surface area contributed by atoms with Crippen LogP contribution in [-0.4, -0.2) is 26.7 Å². The number of hydrogen-bond acceptors (Lipinski definition) is 3. The van der Waals surface area contributed by atoms with Gasteiger partial charge in [0.2, 0.25) is 5.91 Å². The normalized spacial score (nSPS) is 10.3. The van der Waals surface area contributed by atoms with Crippen LogP contribution >= 0.6 is 0 Å². The van der Waals surface area contributed by atoms with Gasteiger partial charge in [-0.25, -0.2) is 0 Å². The lowest BCUT2D eigenvalue weighted by molar-refractivity contribution is -0.120. The van der Waals surface area contributed by atoms with Crippen LogP contribution in [-0.2, 0) is 17.6 Å². The average Bonchev–Trinajstić information content (AvgIpc) is 2.59. The molecule has 4 nitrogen and oxygen atoms in total. The molecule has 24 heavy (non-hydrogen) atoms. The molecule has 0 aliphatic heterocycles. The summed E-state index contributed by atoms with van der Waals surface area (Å²) >= 11 is 0. The van der Waals surface area contributed by atoms with E-state index in [1.165, 1.54) is 5.56 Å². The van der Waals surface area contributed by atoms with Crippen LogP contribution in [0.5, 0.6) is 11.5 Å². The Bertz CT molecular complexity index is 682. The van der Waals surface area contributed by atoms with Gasteiger partial charge < -0.3 is 14.8 Å². The number of nitrogens with one attached hydrogen (secondary N) is 1. The molecule has 0 aliphatic carbocycles. The summed E-state index contributed by atoms with van der Waals surface area (Å²) in [5.41, 5.74) is 3.26. The van der Waals surface area contributed by atoms with E-state index in [-0.39, 0.29) is 5.91 Å². The second kappa shape index (κ2) is 8.96. The molecule has 2 aromatic rings. The maximum atomic E-state index is 12.0. The first-order chi connectivity index (χ1) is 11.6. The summed E-state index contributed by atoms with van der Waals surface area (Å²) in [4.78, 5) is 12.0. The Labute approximate surface area is 143 Å². The summed E-state index contributed by atoms with van der Waals surface area (Å²) in [6.07, 6.45) is 2.21. The highest BCUT2D eigenvalue weighted by Gasteiger charge is 2.05. The number of carbonyl (C=O) groups is 1. The smallest absolute Gasteiger partial charge is 0.224 e. The SMILES string of the molecule is COc1cccc(CCCNC(=O)Cc2ccc(OC)c(C)c2)c1. The van der Waals surface area contributed by atoms with Crippen LogP contribution in [0.3, 0.4) is 0 Å². The molecule has 0 atom stereocenters. The van der Waals surface area contributed by atoms with Gasteiger partial charge in [0.05, 0.1) is 20.6 Å². The van der Waals surface area contributed by atoms with E-state index in [0.29, 0.717) is 13.0 Å². The van der Waals surface area contributed by atoms with Gasteiger partial charge in [0, 0.05) is 6.54 Å². The predicted octanol–water partition coefficient (Wildman–Crippen LogP) is 3.30. The van der Waals surface area contributed by atoms with Gasteiger partial charge in [0.25, 0.3) is 0 Å². The predicted molar refractivity (Wildman–Crippen MR) is 95.8 cm³/mol. The number of aryl methyl sites for hydroxylation is 2. The Morgan fingerprint density at radius 2 is 1.88 bits per heavy atom. The average molecular weight is 327 g/mol. The number of methoxy groups -OCH3 is 2. The molecular formula is C20H25NO3. The van der Waals surface area contributed by atoms with Gasteiger partial charge in [0.15, 0.2) is 0 Å². The van der Waals surface area contributed by atoms with Crippen molar-refractivity contribution in [1.29, 1.82) is 0 Å². The van der Waals surface area contributed by atoms with Gasteiger partial charge in [-0.1, -0.05) is 24.3 Å². The second-order valence-electron chi connectivity index (χ2n) is 5.79. The fraction of sp³-hybridized carbons (Fsp3) is 0.350. The molecule has 0 aromatic heterocycles. The van der Waals surface area contributed by atoms with E-state index in [2.05, 4.69) is 11.4 Å². The maximum Gasteiger partial charge on any atom is 0.224 e. The molecule has 0 saturated heterocycles. The van der Waals surface area contributed by atoms with Crippen molar-refractivity contribution in [3.8, 4) is 11.5 Å². The lowest BCUT2D eigenvalue weighted by Gasteiger charge is -2.09. The van der Waals surface area contributed by atoms with E-state index in [9.17, 15) is 4.79 Å². The van der Waals surface area contributed by atoms with E-state index in [4.69, 9.17) is 9.47 Å². The van der Waals surface area contributed by atoms with Crippen LogP contribution in [0.2, 0.25) is 0 Å². The quantitative estimate of drug-likeness (QED) is 0.757. The molecule has 128 valence electrons. The first-order valence-electron chi connectivity index (χ1n) is 8.15. The summed E-state index contributed by atoms with van der Waals surface area (Å²) in [6, 6.07) is 13.9. The molecule has 0 aliphatic rings. The fourth-order valence-electron chi connectivity index (χ4n) is 2.65. The molecule has 0 heterocycles. The van der Waals surface area contributed by atoms with Gasteiger partial charge in [-0.15, -0.1) is 0 Å². The Morgan fingerprint density at radius 1 is 1.04 bits per heavy atom. The molecule has 0 radical (unpaired) electrons. The first-order valence-corrected chi connectivity index (χ1v) is 8.15. The third-order valence-electron chi connectivity index (χ3n) is 3.92. The summed E-state index contributed by atoms with van der Waals surface area (Å²) in [5, 5.41) is 2.98. The van der Waals surface area contributed by atoms with E-state index in [1.54, 1.807) is 14.2 Å². The largest absolute Gasteiger partial charge is 0.497 e. The van der Waals surface area contributed by atoms with Crippen molar-refractivity contribution < 1.29 is 14.3 Å². The second-order valence-corrected chi connectivity index (χ2v) is 5.79. The number of hydrogen-bond donors (Lipinski definition) is 1. The maximum absolute atomic E-state index is 12.0. The minimum Gasteiger partial charge on any atom is -0.497 e. The molecule has 0 bridgehead atoms. The highest BCUT2D eigenvalue weighted by Crippen LogP contribution is 2.18. The summed E-state index contributed by atoms with van der Waals surface area (Å²) in [6.45, 7) is 2.65. The highest BCUT2D eigenvalue weighted by molar-refractivity contribution is 5.78. The molecule has 4 heteroatoms. The van der Waals surface area contributed by atoms with Crippen LogP contribution < -0.4 is 14.8 Å². The highest BCUT2D eigenvalue weighted by atomic mass is 16.5. The molecule has 2 aromatic carbocycles. The molecule has 0 unspecified atom stereocenters. The van der Waals surface area contributed by atoms with Crippen LogP contribution in [0.1, 0.15) is 23.1 Å². The third-order valence-corrected chi connectivity index (χ3v) is 3.92. The van der Waals surface area contributed by atoms with E-state index in [1.807, 2.05) is 43.3 Å². The summed E-state index contributed by atoms with van der Waals surface area (Å²) in [5.74, 6) is 1.76. The number of ether oxygens (including phenoxy) is 2. The van der Waals surface area contributed by atoms with Crippen molar-refractivity contribution in [3.63, 3.8) is 0 Å². The van der Waals surface area contributed by atoms with Crippen LogP contribution in [0, 0.1) is 6.92 Å². The lowest BCUT2D eigenvalue weighted by Crippen LogP contribution is -2.26. The number of rotatable bonds is 8. The molecule has 0 saturated carbocycles. The van der Waals surface area contributed by atoms with Crippen molar-refractivity contribution >= 4 is 5.91 Å².